The van der Waals surface area contributed by atoms with Crippen LogP contribution in [0.2, 0.25) is 0 Å². The third kappa shape index (κ3) is 2.39. The number of carbonyl (C=O) groups is 3. The van der Waals surface area contributed by atoms with Gasteiger partial charge in [-0.3, -0.25) is 14.4 Å². The fourth-order valence-corrected chi connectivity index (χ4v) is 7.93. The Bertz CT molecular complexity index is 971. The highest BCUT2D eigenvalue weighted by molar-refractivity contribution is 6.01. The van der Waals surface area contributed by atoms with E-state index in [1.165, 1.54) is 12.2 Å². The Balaban J connectivity index is 1.52. The molecule has 1 spiro atoms. The van der Waals surface area contributed by atoms with Crippen LogP contribution in [0.4, 0.5) is 4.39 Å². The maximum Gasteiger partial charge on any atom is 0.305 e. The number of halogens is 1. The minimum atomic E-state index is -1.68. The zero-order valence-corrected chi connectivity index (χ0v) is 19.0. The molecule has 7 heteroatoms. The monoisotopic (exact) mass is 446 g/mol. The van der Waals surface area contributed by atoms with Gasteiger partial charge >= 0.3 is 5.97 Å². The van der Waals surface area contributed by atoms with E-state index >= 15 is 4.39 Å². The fourth-order valence-electron chi connectivity index (χ4n) is 7.93. The summed E-state index contributed by atoms with van der Waals surface area (Å²) in [5.74, 6) is -1.86. The van der Waals surface area contributed by atoms with Crippen molar-refractivity contribution in [2.45, 2.75) is 76.9 Å². The molecule has 0 radical (unpaired) electrons. The second-order valence-corrected chi connectivity index (χ2v) is 10.8. The van der Waals surface area contributed by atoms with Gasteiger partial charge in [0.1, 0.15) is 17.4 Å². The number of esters is 1. The molecule has 5 rings (SSSR count). The molecule has 5 aliphatic rings. The number of aliphatic hydroxyl groups is 1. The van der Waals surface area contributed by atoms with Gasteiger partial charge in [-0.05, 0) is 61.7 Å². The molecule has 9 atom stereocenters. The molecular weight excluding hydrogens is 415 g/mol. The molecule has 6 nitrogen and oxygen atoms in total. The molecule has 174 valence electrons. The minimum Gasteiger partial charge on any atom is -0.458 e. The molecule has 32 heavy (non-hydrogen) atoms. The smallest absolute Gasteiger partial charge is 0.305 e. The number of ether oxygens (including phenoxy) is 2. The van der Waals surface area contributed by atoms with E-state index in [1.54, 1.807) is 13.0 Å². The van der Waals surface area contributed by atoms with Crippen molar-refractivity contribution >= 4 is 17.5 Å². The Hall–Kier alpha value is -1.86. The van der Waals surface area contributed by atoms with Gasteiger partial charge in [0, 0.05) is 17.3 Å². The molecule has 0 amide bonds. The normalized spacial score (nSPS) is 50.5. The molecular formula is C25H31FO6. The summed E-state index contributed by atoms with van der Waals surface area (Å²) in [5.41, 5.74) is -3.35. The number of fused-ring (bicyclic) bond motifs is 3. The van der Waals surface area contributed by atoms with Crippen LogP contribution in [-0.2, 0) is 23.9 Å². The lowest BCUT2D eigenvalue weighted by atomic mass is 9.46. The van der Waals surface area contributed by atoms with Gasteiger partial charge in [-0.1, -0.05) is 26.8 Å². The lowest BCUT2D eigenvalue weighted by Gasteiger charge is -2.56. The van der Waals surface area contributed by atoms with Gasteiger partial charge in [0.15, 0.2) is 12.4 Å². The second-order valence-electron chi connectivity index (χ2n) is 10.8. The first-order valence-corrected chi connectivity index (χ1v) is 11.6. The Morgan fingerprint density at radius 2 is 2.00 bits per heavy atom. The van der Waals surface area contributed by atoms with E-state index < -0.39 is 46.6 Å². The quantitative estimate of drug-likeness (QED) is 0.527. The second kappa shape index (κ2) is 6.60. The summed E-state index contributed by atoms with van der Waals surface area (Å²) < 4.78 is 26.9. The van der Waals surface area contributed by atoms with Gasteiger partial charge in [-0.2, -0.15) is 0 Å². The SMILES string of the molecule is CCC(=O)OCC(=O)[C@@]1(O)C(C)C[C@H]2[C@@H]3CC(F)C4=CC(=O)C=C[C@]4(C)[C@]34OC4C[C@@]21C. The van der Waals surface area contributed by atoms with E-state index in [1.807, 2.05) is 20.8 Å². The first kappa shape index (κ1) is 22.0. The largest absolute Gasteiger partial charge is 0.458 e. The summed E-state index contributed by atoms with van der Waals surface area (Å²) >= 11 is 0. The summed E-state index contributed by atoms with van der Waals surface area (Å²) in [5, 5.41) is 11.8. The molecule has 3 unspecified atom stereocenters. The fraction of sp³-hybridized carbons (Fsp3) is 0.720. The van der Waals surface area contributed by atoms with Gasteiger partial charge in [0.05, 0.1) is 6.10 Å². The standard InChI is InChI=1S/C25H31FO6/c1-5-21(29)31-12-19(28)24(30)13(2)8-15-16-10-18(26)17-9-14(27)6-7-22(17,3)25(16)20(32-25)11-23(15,24)4/h6-7,9,13,15-16,18,20,30H,5,8,10-12H2,1-4H3/t13?,15-,16-,18?,20?,22-,23-,24-,25-/m0/s1. The average molecular weight is 447 g/mol. The number of rotatable bonds is 4. The summed E-state index contributed by atoms with van der Waals surface area (Å²) in [7, 11) is 0. The van der Waals surface area contributed by atoms with Crippen molar-refractivity contribution < 1.29 is 33.4 Å². The summed E-state index contributed by atoms with van der Waals surface area (Å²) in [4.78, 5) is 36.8. The minimum absolute atomic E-state index is 0.130. The van der Waals surface area contributed by atoms with E-state index in [0.717, 1.165) is 0 Å². The van der Waals surface area contributed by atoms with E-state index in [9.17, 15) is 19.5 Å². The molecule has 1 aliphatic heterocycles. The van der Waals surface area contributed by atoms with Crippen molar-refractivity contribution in [2.75, 3.05) is 6.61 Å². The molecule has 0 aromatic rings. The van der Waals surface area contributed by atoms with Crippen LogP contribution in [0, 0.1) is 28.6 Å². The third-order valence-corrected chi connectivity index (χ3v) is 9.58. The molecule has 1 N–H and O–H groups in total. The van der Waals surface area contributed by atoms with Crippen LogP contribution in [0.25, 0.3) is 0 Å². The lowest BCUT2D eigenvalue weighted by molar-refractivity contribution is -0.171. The Kier molecular flexibility index (Phi) is 4.53. The van der Waals surface area contributed by atoms with Crippen molar-refractivity contribution in [2.24, 2.45) is 28.6 Å². The first-order chi connectivity index (χ1) is 15.0. The predicted octanol–water partition coefficient (Wildman–Crippen LogP) is 2.87. The van der Waals surface area contributed by atoms with Gasteiger partial charge in [-0.15, -0.1) is 0 Å². The Morgan fingerprint density at radius 3 is 2.69 bits per heavy atom. The zero-order valence-electron chi connectivity index (χ0n) is 19.0. The van der Waals surface area contributed by atoms with E-state index in [4.69, 9.17) is 9.47 Å². The number of allylic oxidation sites excluding steroid dienone is 2. The van der Waals surface area contributed by atoms with E-state index in [0.29, 0.717) is 18.4 Å². The number of hydrogen-bond acceptors (Lipinski definition) is 6. The Morgan fingerprint density at radius 1 is 1.28 bits per heavy atom. The zero-order chi connectivity index (χ0) is 23.3. The van der Waals surface area contributed by atoms with Crippen LogP contribution >= 0.6 is 0 Å². The van der Waals surface area contributed by atoms with Crippen LogP contribution in [0.1, 0.15) is 53.4 Å². The van der Waals surface area contributed by atoms with Crippen LogP contribution in [-0.4, -0.2) is 52.7 Å². The maximum absolute atomic E-state index is 15.5. The molecule has 4 fully saturated rings. The molecule has 4 aliphatic carbocycles. The van der Waals surface area contributed by atoms with Crippen molar-refractivity contribution in [1.29, 1.82) is 0 Å². The molecule has 0 aromatic heterocycles. The van der Waals surface area contributed by atoms with E-state index in [2.05, 4.69) is 0 Å². The highest BCUT2D eigenvalue weighted by atomic mass is 19.1. The number of carbonyl (C=O) groups excluding carboxylic acids is 3. The summed E-state index contributed by atoms with van der Waals surface area (Å²) in [6.45, 7) is 6.90. The van der Waals surface area contributed by atoms with Crippen molar-refractivity contribution in [3.63, 3.8) is 0 Å². The van der Waals surface area contributed by atoms with Crippen molar-refractivity contribution in [1.82, 2.24) is 0 Å². The number of Topliss-reactive ketones (excluding diaryl/α,β-unsaturated/α-hetero) is 1. The summed E-state index contributed by atoms with van der Waals surface area (Å²) in [6, 6.07) is 0. The predicted molar refractivity (Wildman–Crippen MR) is 112 cm³/mol. The van der Waals surface area contributed by atoms with Crippen LogP contribution in [0.15, 0.2) is 23.8 Å². The van der Waals surface area contributed by atoms with Crippen LogP contribution in [0.5, 0.6) is 0 Å². The highest BCUT2D eigenvalue weighted by Crippen LogP contribution is 2.76. The van der Waals surface area contributed by atoms with E-state index in [-0.39, 0.29) is 42.5 Å². The molecule has 3 saturated carbocycles. The Labute approximate surface area is 187 Å². The number of alkyl halides is 1. The van der Waals surface area contributed by atoms with Crippen molar-refractivity contribution in [3.8, 4) is 0 Å². The van der Waals surface area contributed by atoms with Gasteiger partial charge < -0.3 is 14.6 Å². The molecule has 1 heterocycles. The van der Waals surface area contributed by atoms with Gasteiger partial charge in [-0.25, -0.2) is 4.39 Å². The molecule has 1 saturated heterocycles. The highest BCUT2D eigenvalue weighted by Gasteiger charge is 2.82. The molecule has 0 aromatic carbocycles. The van der Waals surface area contributed by atoms with Gasteiger partial charge in [0.25, 0.3) is 0 Å². The number of hydrogen-bond donors (Lipinski definition) is 1. The summed E-state index contributed by atoms with van der Waals surface area (Å²) in [6.07, 6.45) is 4.59. The van der Waals surface area contributed by atoms with Crippen molar-refractivity contribution in [3.05, 3.63) is 23.8 Å². The lowest BCUT2D eigenvalue weighted by Crippen LogP contribution is -2.63. The number of epoxide rings is 1. The maximum atomic E-state index is 15.5. The topological polar surface area (TPSA) is 93.2 Å². The average Bonchev–Trinajstić information content (AvgIpc) is 3.44. The van der Waals surface area contributed by atoms with Crippen LogP contribution < -0.4 is 0 Å². The van der Waals surface area contributed by atoms with Crippen LogP contribution in [0.3, 0.4) is 0 Å². The van der Waals surface area contributed by atoms with Gasteiger partial charge in [0.2, 0.25) is 5.78 Å². The first-order valence-electron chi connectivity index (χ1n) is 11.6. The third-order valence-electron chi connectivity index (χ3n) is 9.58. The molecule has 0 bridgehead atoms. The number of ketones is 2.